The second kappa shape index (κ2) is 8.57. The largest absolute Gasteiger partial charge is 0.489 e. The van der Waals surface area contributed by atoms with E-state index in [9.17, 15) is 17.6 Å². The van der Waals surface area contributed by atoms with Gasteiger partial charge in [0.15, 0.2) is 0 Å². The van der Waals surface area contributed by atoms with E-state index in [0.29, 0.717) is 21.4 Å². The fraction of sp³-hybridized carbons (Fsp3) is 0.105. The number of nitrogens with one attached hydrogen (secondary N) is 2. The lowest BCUT2D eigenvalue weighted by molar-refractivity contribution is 0.102. The van der Waals surface area contributed by atoms with E-state index >= 15 is 0 Å². The van der Waals surface area contributed by atoms with Gasteiger partial charge in [0.2, 0.25) is 20.3 Å². The molecular weight excluding hydrogens is 463 g/mol. The summed E-state index contributed by atoms with van der Waals surface area (Å²) < 4.78 is 45.8. The van der Waals surface area contributed by atoms with E-state index in [1.165, 1.54) is 6.07 Å². The van der Waals surface area contributed by atoms with Gasteiger partial charge in [-0.15, -0.1) is 21.5 Å². The molecule has 4 rings (SSSR count). The van der Waals surface area contributed by atoms with Crippen LogP contribution < -0.4 is 14.8 Å². The highest BCUT2D eigenvalue weighted by molar-refractivity contribution is 7.92. The second-order valence-electron chi connectivity index (χ2n) is 6.37. The Morgan fingerprint density at radius 1 is 1.06 bits per heavy atom. The summed E-state index contributed by atoms with van der Waals surface area (Å²) in [5.74, 6) is -0.380. The van der Waals surface area contributed by atoms with Crippen LogP contribution in [-0.4, -0.2) is 30.8 Å². The Bertz CT molecular complexity index is 1350. The standard InChI is InChI=1S/C19H15FN4O4S3/c1-31(26,27)24-19-23-22-18(30-19)21-17(25)16-12(10-28-11-6-3-2-4-7-11)15-13(20)8-5-9-14(15)29-16/h2-9H,10H2,1H3,(H,23,24)(H,21,22,25). The van der Waals surface area contributed by atoms with Crippen molar-refractivity contribution in [1.82, 2.24) is 10.2 Å². The van der Waals surface area contributed by atoms with Crippen LogP contribution in [0.1, 0.15) is 15.2 Å². The van der Waals surface area contributed by atoms with Gasteiger partial charge in [0, 0.05) is 15.6 Å². The molecule has 0 saturated heterocycles. The highest BCUT2D eigenvalue weighted by atomic mass is 32.2. The molecule has 0 unspecified atom stereocenters. The molecule has 12 heteroatoms. The van der Waals surface area contributed by atoms with Crippen LogP contribution in [0.15, 0.2) is 48.5 Å². The Labute approximate surface area is 184 Å². The molecule has 0 fully saturated rings. The number of aromatic nitrogens is 2. The van der Waals surface area contributed by atoms with Gasteiger partial charge in [0.05, 0.1) is 6.26 Å². The number of halogens is 1. The molecule has 0 aliphatic carbocycles. The van der Waals surface area contributed by atoms with Crippen molar-refractivity contribution in [2.75, 3.05) is 16.3 Å². The summed E-state index contributed by atoms with van der Waals surface area (Å²) in [6, 6.07) is 13.6. The number of carbonyl (C=O) groups is 1. The third-order valence-corrected chi connectivity index (χ3v) is 6.66. The predicted molar refractivity (Wildman–Crippen MR) is 119 cm³/mol. The summed E-state index contributed by atoms with van der Waals surface area (Å²) in [5.41, 5.74) is 0.415. The number of carbonyl (C=O) groups excluding carboxylic acids is 1. The lowest BCUT2D eigenvalue weighted by atomic mass is 10.1. The third-order valence-electron chi connectivity index (χ3n) is 4.01. The molecule has 0 atom stereocenters. The highest BCUT2D eigenvalue weighted by Gasteiger charge is 2.22. The number of ether oxygens (including phenoxy) is 1. The Morgan fingerprint density at radius 2 is 1.81 bits per heavy atom. The van der Waals surface area contributed by atoms with Crippen molar-refractivity contribution < 1.29 is 22.3 Å². The molecule has 4 aromatic rings. The number of amides is 1. The zero-order valence-corrected chi connectivity index (χ0v) is 18.4. The number of sulfonamides is 1. The van der Waals surface area contributed by atoms with Crippen LogP contribution in [0.2, 0.25) is 0 Å². The van der Waals surface area contributed by atoms with Gasteiger partial charge in [-0.25, -0.2) is 12.8 Å². The second-order valence-corrected chi connectivity index (χ2v) is 10.1. The van der Waals surface area contributed by atoms with Gasteiger partial charge in [0.25, 0.3) is 5.91 Å². The molecule has 0 saturated carbocycles. The topological polar surface area (TPSA) is 110 Å². The summed E-state index contributed by atoms with van der Waals surface area (Å²) in [6.45, 7) is -0.00922. The average molecular weight is 479 g/mol. The van der Waals surface area contributed by atoms with Crippen molar-refractivity contribution in [2.45, 2.75) is 6.61 Å². The zero-order chi connectivity index (χ0) is 22.0. The monoisotopic (exact) mass is 478 g/mol. The summed E-state index contributed by atoms with van der Waals surface area (Å²) in [4.78, 5) is 13.2. The molecule has 0 spiro atoms. The first-order valence-electron chi connectivity index (χ1n) is 8.80. The van der Waals surface area contributed by atoms with Crippen molar-refractivity contribution in [2.24, 2.45) is 0 Å². The van der Waals surface area contributed by atoms with E-state index in [2.05, 4.69) is 20.2 Å². The molecule has 31 heavy (non-hydrogen) atoms. The third kappa shape index (κ3) is 4.98. The van der Waals surface area contributed by atoms with Crippen LogP contribution in [-0.2, 0) is 16.6 Å². The van der Waals surface area contributed by atoms with E-state index in [0.717, 1.165) is 28.9 Å². The van der Waals surface area contributed by atoms with Gasteiger partial charge in [-0.05, 0) is 24.3 Å². The van der Waals surface area contributed by atoms with Gasteiger partial charge in [-0.1, -0.05) is 35.6 Å². The Kier molecular flexibility index (Phi) is 5.85. The minimum atomic E-state index is -3.52. The molecule has 8 nitrogen and oxygen atoms in total. The highest BCUT2D eigenvalue weighted by Crippen LogP contribution is 2.35. The molecule has 0 aliphatic heterocycles. The minimum Gasteiger partial charge on any atom is -0.489 e. The Hall–Kier alpha value is -3.09. The first-order chi connectivity index (χ1) is 14.8. The van der Waals surface area contributed by atoms with E-state index in [1.54, 1.807) is 24.3 Å². The fourth-order valence-corrected chi connectivity index (χ4v) is 5.37. The van der Waals surface area contributed by atoms with Gasteiger partial charge < -0.3 is 4.74 Å². The molecule has 2 heterocycles. The number of hydrogen-bond donors (Lipinski definition) is 2. The molecule has 2 N–H and O–H groups in total. The fourth-order valence-electron chi connectivity index (χ4n) is 2.79. The maximum absolute atomic E-state index is 14.6. The zero-order valence-electron chi connectivity index (χ0n) is 16.0. The van der Waals surface area contributed by atoms with Crippen LogP contribution >= 0.6 is 22.7 Å². The molecule has 0 radical (unpaired) electrons. The SMILES string of the molecule is CS(=O)(=O)Nc1nnc(NC(=O)c2sc3cccc(F)c3c2COc2ccccc2)s1. The molecule has 160 valence electrons. The average Bonchev–Trinajstić information content (AvgIpc) is 3.30. The van der Waals surface area contributed by atoms with Crippen LogP contribution in [0, 0.1) is 5.82 Å². The normalized spacial score (nSPS) is 11.4. The first-order valence-corrected chi connectivity index (χ1v) is 12.3. The smallest absolute Gasteiger partial charge is 0.268 e. The van der Waals surface area contributed by atoms with E-state index < -0.39 is 21.7 Å². The van der Waals surface area contributed by atoms with Crippen molar-refractivity contribution in [3.05, 3.63) is 64.8 Å². The molecule has 0 aliphatic rings. The van der Waals surface area contributed by atoms with E-state index in [4.69, 9.17) is 4.74 Å². The number of anilines is 2. The van der Waals surface area contributed by atoms with Crippen LogP contribution in [0.3, 0.4) is 0 Å². The number of thiophene rings is 1. The summed E-state index contributed by atoms with van der Waals surface area (Å²) in [5, 5.41) is 10.5. The maximum Gasteiger partial charge on any atom is 0.268 e. The molecular formula is C19H15FN4O4S3. The lowest BCUT2D eigenvalue weighted by Crippen LogP contribution is -2.13. The number of fused-ring (bicyclic) bond motifs is 1. The summed E-state index contributed by atoms with van der Waals surface area (Å²) >= 11 is 1.99. The van der Waals surface area contributed by atoms with Gasteiger partial charge in [0.1, 0.15) is 23.1 Å². The molecule has 0 bridgehead atoms. The molecule has 2 aromatic carbocycles. The predicted octanol–water partition coefficient (Wildman–Crippen LogP) is 4.09. The van der Waals surface area contributed by atoms with Gasteiger partial charge >= 0.3 is 0 Å². The van der Waals surface area contributed by atoms with E-state index in [1.807, 2.05) is 18.2 Å². The molecule has 1 amide bonds. The van der Waals surface area contributed by atoms with Crippen molar-refractivity contribution in [3.8, 4) is 5.75 Å². The summed E-state index contributed by atoms with van der Waals surface area (Å²) in [7, 11) is -3.52. The Balaban J connectivity index is 1.63. The van der Waals surface area contributed by atoms with Crippen molar-refractivity contribution in [1.29, 1.82) is 0 Å². The number of hydrogen-bond acceptors (Lipinski definition) is 8. The minimum absolute atomic E-state index is 0.00922. The number of benzene rings is 2. The van der Waals surface area contributed by atoms with Gasteiger partial charge in [-0.3, -0.25) is 14.8 Å². The summed E-state index contributed by atoms with van der Waals surface area (Å²) in [6.07, 6.45) is 0.984. The van der Waals surface area contributed by atoms with Crippen LogP contribution in [0.5, 0.6) is 5.75 Å². The number of rotatable bonds is 7. The number of para-hydroxylation sites is 1. The lowest BCUT2D eigenvalue weighted by Gasteiger charge is -2.08. The Morgan fingerprint density at radius 3 is 2.55 bits per heavy atom. The van der Waals surface area contributed by atoms with E-state index in [-0.39, 0.29) is 21.7 Å². The molecule has 2 aromatic heterocycles. The van der Waals surface area contributed by atoms with Crippen LogP contribution in [0.25, 0.3) is 10.1 Å². The maximum atomic E-state index is 14.6. The quantitative estimate of drug-likeness (QED) is 0.414. The van der Waals surface area contributed by atoms with Crippen molar-refractivity contribution >= 4 is 59.0 Å². The van der Waals surface area contributed by atoms with Crippen LogP contribution in [0.4, 0.5) is 14.7 Å². The number of nitrogens with zero attached hydrogens (tertiary/aromatic N) is 2. The first kappa shape index (κ1) is 21.2. The van der Waals surface area contributed by atoms with Gasteiger partial charge in [-0.2, -0.15) is 0 Å². The van der Waals surface area contributed by atoms with Crippen molar-refractivity contribution in [3.63, 3.8) is 0 Å².